The van der Waals surface area contributed by atoms with Gasteiger partial charge in [0.05, 0.1) is 4.90 Å². The predicted octanol–water partition coefficient (Wildman–Crippen LogP) is 1.71. The number of sulfonamides is 2. The van der Waals surface area contributed by atoms with Gasteiger partial charge in [0.15, 0.2) is 0 Å². The average Bonchev–Trinajstić information content (AvgIpc) is 3.01. The van der Waals surface area contributed by atoms with Gasteiger partial charge in [0.25, 0.3) is 10.0 Å². The molecule has 0 unspecified atom stereocenters. The first-order chi connectivity index (χ1) is 11.2. The molecule has 2 aromatic rings. The molecule has 0 atom stereocenters. The van der Waals surface area contributed by atoms with Crippen molar-refractivity contribution in [2.75, 3.05) is 13.6 Å². The van der Waals surface area contributed by atoms with Gasteiger partial charge in [-0.3, -0.25) is 0 Å². The summed E-state index contributed by atoms with van der Waals surface area (Å²) in [5.74, 6) is 0. The Bertz CT molecular complexity index is 978. The van der Waals surface area contributed by atoms with Crippen LogP contribution in [-0.2, 0) is 33.0 Å². The van der Waals surface area contributed by atoms with Crippen LogP contribution in [0.4, 0.5) is 0 Å². The minimum absolute atomic E-state index is 0.148. The lowest BCUT2D eigenvalue weighted by molar-refractivity contribution is 0.392. The summed E-state index contributed by atoms with van der Waals surface area (Å²) in [5.41, 5.74) is 1.72. The maximum atomic E-state index is 12.8. The standard InChI is InChI=1S/C15H18N2O4S3/c1-11-3-6-15(22-11)24(20,21)17-8-7-12-4-5-14(9-13(12)10-17)23(18,19)16-2/h3-6,9,16H,7-8,10H2,1-2H3. The molecule has 1 aliphatic rings. The van der Waals surface area contributed by atoms with E-state index in [2.05, 4.69) is 4.72 Å². The number of hydrogen-bond acceptors (Lipinski definition) is 5. The molecule has 24 heavy (non-hydrogen) atoms. The number of nitrogens with one attached hydrogen (secondary N) is 1. The van der Waals surface area contributed by atoms with Crippen molar-refractivity contribution in [3.05, 3.63) is 46.3 Å². The van der Waals surface area contributed by atoms with Crippen molar-refractivity contribution in [1.29, 1.82) is 0 Å². The van der Waals surface area contributed by atoms with Crippen molar-refractivity contribution in [2.24, 2.45) is 0 Å². The monoisotopic (exact) mass is 386 g/mol. The first kappa shape index (κ1) is 17.6. The zero-order valence-electron chi connectivity index (χ0n) is 13.3. The van der Waals surface area contributed by atoms with Crippen LogP contribution in [0.3, 0.4) is 0 Å². The fourth-order valence-corrected chi connectivity index (χ4v) is 6.31. The molecule has 0 fully saturated rings. The number of rotatable bonds is 4. The number of fused-ring (bicyclic) bond motifs is 1. The Labute approximate surface area is 146 Å². The van der Waals surface area contributed by atoms with Crippen LogP contribution in [0.25, 0.3) is 0 Å². The van der Waals surface area contributed by atoms with Gasteiger partial charge in [-0.25, -0.2) is 21.6 Å². The van der Waals surface area contributed by atoms with Crippen molar-refractivity contribution in [2.45, 2.75) is 29.0 Å². The molecule has 0 amide bonds. The number of thiophene rings is 1. The van der Waals surface area contributed by atoms with Gasteiger partial charge in [-0.2, -0.15) is 4.31 Å². The summed E-state index contributed by atoms with van der Waals surface area (Å²) in [6, 6.07) is 8.28. The fourth-order valence-electron chi connectivity index (χ4n) is 2.68. The van der Waals surface area contributed by atoms with Crippen LogP contribution in [0.5, 0.6) is 0 Å². The fraction of sp³-hybridized carbons (Fsp3) is 0.333. The van der Waals surface area contributed by atoms with E-state index in [0.717, 1.165) is 16.0 Å². The van der Waals surface area contributed by atoms with Crippen LogP contribution in [0.2, 0.25) is 0 Å². The molecule has 2 heterocycles. The predicted molar refractivity (Wildman–Crippen MR) is 93.0 cm³/mol. The van der Waals surface area contributed by atoms with E-state index in [1.807, 2.05) is 6.92 Å². The van der Waals surface area contributed by atoms with Crippen LogP contribution in [0.15, 0.2) is 39.4 Å². The molecule has 130 valence electrons. The third-order valence-electron chi connectivity index (χ3n) is 4.04. The van der Waals surface area contributed by atoms with Crippen molar-refractivity contribution in [3.63, 3.8) is 0 Å². The van der Waals surface area contributed by atoms with Crippen LogP contribution < -0.4 is 4.72 Å². The molecule has 6 nitrogen and oxygen atoms in total. The molecule has 3 rings (SSSR count). The van der Waals surface area contributed by atoms with Crippen molar-refractivity contribution in [3.8, 4) is 0 Å². The first-order valence-corrected chi connectivity index (χ1v) is 11.1. The molecule has 0 saturated carbocycles. The Morgan fingerprint density at radius 3 is 2.46 bits per heavy atom. The largest absolute Gasteiger partial charge is 0.252 e. The minimum atomic E-state index is -3.55. The average molecular weight is 387 g/mol. The summed E-state index contributed by atoms with van der Waals surface area (Å²) in [7, 11) is -5.75. The van der Waals surface area contributed by atoms with Crippen molar-refractivity contribution in [1.82, 2.24) is 9.03 Å². The van der Waals surface area contributed by atoms with Gasteiger partial charge in [0.1, 0.15) is 4.21 Å². The highest BCUT2D eigenvalue weighted by atomic mass is 32.2. The van der Waals surface area contributed by atoms with E-state index in [1.165, 1.54) is 22.7 Å². The molecule has 0 aliphatic carbocycles. The quantitative estimate of drug-likeness (QED) is 0.867. The van der Waals surface area contributed by atoms with E-state index in [0.29, 0.717) is 17.2 Å². The summed E-state index contributed by atoms with van der Waals surface area (Å²) in [6.07, 6.45) is 0.568. The van der Waals surface area contributed by atoms with E-state index in [4.69, 9.17) is 0 Å². The topological polar surface area (TPSA) is 83.6 Å². The molecule has 9 heteroatoms. The highest BCUT2D eigenvalue weighted by Gasteiger charge is 2.30. The van der Waals surface area contributed by atoms with Gasteiger partial charge in [0.2, 0.25) is 10.0 Å². The Kier molecular flexibility index (Phi) is 4.56. The summed E-state index contributed by atoms with van der Waals surface area (Å²) >= 11 is 1.25. The van der Waals surface area contributed by atoms with E-state index in [-0.39, 0.29) is 11.4 Å². The molecule has 1 aromatic heterocycles. The van der Waals surface area contributed by atoms with Gasteiger partial charge in [-0.1, -0.05) is 6.07 Å². The Hall–Kier alpha value is -1.26. The molecule has 1 aliphatic heterocycles. The highest BCUT2D eigenvalue weighted by Crippen LogP contribution is 2.29. The van der Waals surface area contributed by atoms with Crippen LogP contribution in [0.1, 0.15) is 16.0 Å². The lowest BCUT2D eigenvalue weighted by Crippen LogP contribution is -2.35. The maximum Gasteiger partial charge on any atom is 0.252 e. The highest BCUT2D eigenvalue weighted by molar-refractivity contribution is 7.91. The molecular weight excluding hydrogens is 368 g/mol. The lowest BCUT2D eigenvalue weighted by atomic mass is 10.0. The Balaban J connectivity index is 1.95. The van der Waals surface area contributed by atoms with Crippen LogP contribution in [0, 0.1) is 6.92 Å². The summed E-state index contributed by atoms with van der Waals surface area (Å²) in [6.45, 7) is 2.44. The van der Waals surface area contributed by atoms with E-state index >= 15 is 0 Å². The Morgan fingerprint density at radius 1 is 1.08 bits per heavy atom. The van der Waals surface area contributed by atoms with Gasteiger partial charge in [0, 0.05) is 18.0 Å². The minimum Gasteiger partial charge on any atom is -0.214 e. The number of benzene rings is 1. The van der Waals surface area contributed by atoms with Crippen LogP contribution >= 0.6 is 11.3 Å². The third kappa shape index (κ3) is 3.14. The van der Waals surface area contributed by atoms with Crippen molar-refractivity contribution < 1.29 is 16.8 Å². The van der Waals surface area contributed by atoms with E-state index in [9.17, 15) is 16.8 Å². The summed E-state index contributed by atoms with van der Waals surface area (Å²) in [4.78, 5) is 1.09. The summed E-state index contributed by atoms with van der Waals surface area (Å²) < 4.78 is 53.4. The second-order valence-corrected chi connectivity index (χ2v) is 10.9. The third-order valence-corrected chi connectivity index (χ3v) is 8.77. The molecular formula is C15H18N2O4S3. The summed E-state index contributed by atoms with van der Waals surface area (Å²) in [5, 5.41) is 0. The maximum absolute atomic E-state index is 12.8. The number of hydrogen-bond donors (Lipinski definition) is 1. The Morgan fingerprint density at radius 2 is 1.83 bits per heavy atom. The van der Waals surface area contributed by atoms with Crippen LogP contribution in [-0.4, -0.2) is 34.7 Å². The van der Waals surface area contributed by atoms with Gasteiger partial charge in [-0.15, -0.1) is 11.3 Å². The number of nitrogens with zero attached hydrogens (tertiary/aromatic N) is 1. The number of aryl methyl sites for hydroxylation is 1. The van der Waals surface area contributed by atoms with Gasteiger partial charge in [-0.05, 0) is 55.8 Å². The van der Waals surface area contributed by atoms with Gasteiger partial charge < -0.3 is 0 Å². The second-order valence-electron chi connectivity index (χ2n) is 5.59. The lowest BCUT2D eigenvalue weighted by Gasteiger charge is -2.28. The smallest absolute Gasteiger partial charge is 0.214 e. The zero-order chi connectivity index (χ0) is 17.5. The van der Waals surface area contributed by atoms with Crippen molar-refractivity contribution >= 4 is 31.4 Å². The SMILES string of the molecule is CNS(=O)(=O)c1ccc2c(c1)CN(S(=O)(=O)c1ccc(C)s1)CC2. The molecule has 0 saturated heterocycles. The normalized spacial score (nSPS) is 16.1. The first-order valence-electron chi connectivity index (χ1n) is 7.36. The van der Waals surface area contributed by atoms with E-state index in [1.54, 1.807) is 30.3 Å². The molecule has 0 radical (unpaired) electrons. The van der Waals surface area contributed by atoms with Gasteiger partial charge >= 0.3 is 0 Å². The molecule has 1 aromatic carbocycles. The second kappa shape index (κ2) is 6.23. The van der Waals surface area contributed by atoms with E-state index < -0.39 is 20.0 Å². The molecule has 0 spiro atoms. The molecule has 0 bridgehead atoms. The molecule has 1 N–H and O–H groups in total. The zero-order valence-corrected chi connectivity index (χ0v) is 15.8.